The summed E-state index contributed by atoms with van der Waals surface area (Å²) in [6.45, 7) is 27.9. The molecule has 1 rings (SSSR count). The van der Waals surface area contributed by atoms with Gasteiger partial charge in [0.15, 0.2) is 20.9 Å². The highest BCUT2D eigenvalue weighted by molar-refractivity contribution is 6.87. The van der Waals surface area contributed by atoms with E-state index in [4.69, 9.17) is 12.7 Å². The van der Waals surface area contributed by atoms with Crippen LogP contribution in [0.3, 0.4) is 0 Å². The Kier molecular flexibility index (Phi) is 10.7. The van der Waals surface area contributed by atoms with Crippen molar-refractivity contribution in [1.82, 2.24) is 4.57 Å². The Morgan fingerprint density at radius 2 is 1.53 bits per heavy atom. The van der Waals surface area contributed by atoms with Gasteiger partial charge in [0.05, 0.1) is 18.3 Å². The molecule has 1 atom stereocenters. The van der Waals surface area contributed by atoms with Crippen LogP contribution >= 0.6 is 0 Å². The smallest absolute Gasteiger partial charge is 0.323 e. The van der Waals surface area contributed by atoms with Crippen molar-refractivity contribution in [3.8, 4) is 0 Å². The minimum atomic E-state index is -2.42. The second-order valence-electron chi connectivity index (χ2n) is 12.3. The highest BCUT2D eigenvalue weighted by atomic mass is 28.5. The van der Waals surface area contributed by atoms with E-state index in [9.17, 15) is 0 Å². The second-order valence-corrected chi connectivity index (χ2v) is 23.9. The van der Waals surface area contributed by atoms with Crippen molar-refractivity contribution in [2.24, 2.45) is 0 Å². The fourth-order valence-electron chi connectivity index (χ4n) is 5.06. The molecule has 0 aliphatic rings. The van der Waals surface area contributed by atoms with Crippen LogP contribution < -0.4 is 4.48 Å². The molecular formula is C23H53BN2O3Si3. The maximum Gasteiger partial charge on any atom is 0.323 e. The van der Waals surface area contributed by atoms with Crippen molar-refractivity contribution >= 4 is 31.7 Å². The summed E-state index contributed by atoms with van der Waals surface area (Å²) >= 11 is 0. The lowest BCUT2D eigenvalue weighted by atomic mass is 9.30. The number of nitrogens with zero attached hydrogens (tertiary/aromatic N) is 2. The third-order valence-electron chi connectivity index (χ3n) is 6.31. The summed E-state index contributed by atoms with van der Waals surface area (Å²) in [4.78, 5) is 0. The zero-order chi connectivity index (χ0) is 24.8. The van der Waals surface area contributed by atoms with Crippen molar-refractivity contribution < 1.29 is 17.1 Å². The van der Waals surface area contributed by atoms with E-state index in [1.54, 1.807) is 0 Å². The van der Waals surface area contributed by atoms with Crippen LogP contribution in [0.2, 0.25) is 64.3 Å². The van der Waals surface area contributed by atoms with Gasteiger partial charge in [-0.3, -0.25) is 0 Å². The Hall–Kier alpha value is -0.194. The number of aryl methyl sites for hydroxylation is 1. The van der Waals surface area contributed by atoms with Crippen molar-refractivity contribution in [2.45, 2.75) is 131 Å². The van der Waals surface area contributed by atoms with E-state index < -0.39 is 31.7 Å². The number of unbranched alkanes of at least 4 members (excludes halogenated alkanes) is 1. The summed E-state index contributed by atoms with van der Waals surface area (Å²) in [5.41, 5.74) is -0.206. The Morgan fingerprint density at radius 3 is 2.00 bits per heavy atom. The molecule has 0 aromatic carbocycles. The van der Waals surface area contributed by atoms with Crippen LogP contribution in [0.5, 0.6) is 0 Å². The van der Waals surface area contributed by atoms with Crippen LogP contribution in [0, 0.1) is 0 Å². The molecular weight excluding hydrogens is 447 g/mol. The predicted octanol–water partition coefficient (Wildman–Crippen LogP) is 6.87. The van der Waals surface area contributed by atoms with Crippen LogP contribution in [-0.4, -0.2) is 41.9 Å². The minimum absolute atomic E-state index is 0.206. The molecule has 0 N–H and O–H groups in total. The zero-order valence-electron chi connectivity index (χ0n) is 23.4. The summed E-state index contributed by atoms with van der Waals surface area (Å²) in [5, 5.41) is 0. The van der Waals surface area contributed by atoms with Gasteiger partial charge in [0.25, 0.3) is 0 Å². The summed E-state index contributed by atoms with van der Waals surface area (Å²) in [6, 6.07) is 1.01. The van der Waals surface area contributed by atoms with Gasteiger partial charge >= 0.3 is 17.1 Å². The lowest BCUT2D eigenvalue weighted by Crippen LogP contribution is -2.64. The number of aromatic nitrogens is 2. The molecule has 0 radical (unpaired) electrons. The van der Waals surface area contributed by atoms with Gasteiger partial charge in [-0.1, -0.05) is 27.2 Å². The lowest BCUT2D eigenvalue weighted by molar-refractivity contribution is -0.548. The normalized spacial score (nSPS) is 15.8. The average Bonchev–Trinajstić information content (AvgIpc) is 3.06. The molecule has 188 valence electrons. The number of rotatable bonds is 14. The molecule has 0 amide bonds. The monoisotopic (exact) mass is 500 g/mol. The van der Waals surface area contributed by atoms with Crippen LogP contribution in [0.25, 0.3) is 0 Å². The summed E-state index contributed by atoms with van der Waals surface area (Å²) in [7, 11) is -6.50. The first kappa shape index (κ1) is 29.8. The Bertz CT molecular complexity index is 697. The van der Waals surface area contributed by atoms with Crippen molar-refractivity contribution in [1.29, 1.82) is 0 Å². The van der Waals surface area contributed by atoms with Gasteiger partial charge in [-0.2, -0.15) is 0 Å². The first-order chi connectivity index (χ1) is 14.5. The van der Waals surface area contributed by atoms with E-state index in [-0.39, 0.29) is 5.60 Å². The van der Waals surface area contributed by atoms with E-state index in [1.807, 2.05) is 0 Å². The fourth-order valence-corrected chi connectivity index (χ4v) is 18.5. The van der Waals surface area contributed by atoms with Crippen LogP contribution in [0.4, 0.5) is 0 Å². The topological polar surface area (TPSA) is 36.5 Å². The van der Waals surface area contributed by atoms with E-state index in [0.29, 0.717) is 0 Å². The standard InChI is InChI=1S/C23H53BN2O3Si3/c1-13-16-18-25-19-20-26(22-25)24(14-2,15-3)17-21-32(12,28-30(7,8)9)29-31(10,11)27-23(4,5)6/h19-20,22H,13-18,21H2,1-12H3. The molecule has 0 aliphatic heterocycles. The summed E-state index contributed by atoms with van der Waals surface area (Å²) in [6.07, 6.45) is 12.1. The SMILES string of the molecule is CCCCn1cc[n+]([B-](CC)(CC)CC[Si](C)(O[Si](C)(C)C)O[Si](C)(C)OC(C)(C)C)c1. The van der Waals surface area contributed by atoms with Gasteiger partial charge < -0.3 is 17.1 Å². The van der Waals surface area contributed by atoms with E-state index in [1.165, 1.54) is 12.8 Å². The van der Waals surface area contributed by atoms with Crippen molar-refractivity contribution in [3.63, 3.8) is 0 Å². The first-order valence-electron chi connectivity index (χ1n) is 12.9. The third-order valence-corrected chi connectivity index (χ3v) is 16.5. The molecule has 0 spiro atoms. The van der Waals surface area contributed by atoms with Gasteiger partial charge in [0, 0.05) is 0 Å². The zero-order valence-corrected chi connectivity index (χ0v) is 26.4. The van der Waals surface area contributed by atoms with Crippen LogP contribution in [0.15, 0.2) is 18.7 Å². The Balaban J connectivity index is 3.14. The fraction of sp³-hybridized carbons (Fsp3) is 0.870. The first-order valence-corrected chi connectivity index (χ1v) is 21.6. The van der Waals surface area contributed by atoms with Crippen molar-refractivity contribution in [3.05, 3.63) is 18.7 Å². The highest BCUT2D eigenvalue weighted by Gasteiger charge is 2.45. The molecule has 1 heterocycles. The minimum Gasteiger partial charge on any atom is -0.437 e. The molecule has 1 aromatic heterocycles. The molecule has 1 unspecified atom stereocenters. The number of hydrogen-bond donors (Lipinski definition) is 0. The molecule has 0 saturated carbocycles. The summed E-state index contributed by atoms with van der Waals surface area (Å²) in [5.74, 6) is 0. The molecule has 0 saturated heterocycles. The molecule has 0 fully saturated rings. The van der Waals surface area contributed by atoms with E-state index >= 15 is 0 Å². The van der Waals surface area contributed by atoms with Crippen LogP contribution in [-0.2, 0) is 19.2 Å². The predicted molar refractivity (Wildman–Crippen MR) is 147 cm³/mol. The molecule has 0 bridgehead atoms. The lowest BCUT2D eigenvalue weighted by Gasteiger charge is -2.43. The van der Waals surface area contributed by atoms with Gasteiger partial charge in [-0.25, -0.2) is 4.57 Å². The third kappa shape index (κ3) is 9.97. The van der Waals surface area contributed by atoms with E-state index in [2.05, 4.69) is 109 Å². The molecule has 1 aromatic rings. The molecule has 5 nitrogen and oxygen atoms in total. The molecule has 0 aliphatic carbocycles. The summed E-state index contributed by atoms with van der Waals surface area (Å²) < 4.78 is 25.1. The molecule has 9 heteroatoms. The second kappa shape index (κ2) is 11.5. The maximum atomic E-state index is 6.92. The average molecular weight is 501 g/mol. The number of hydrogen-bond acceptors (Lipinski definition) is 3. The quantitative estimate of drug-likeness (QED) is 0.262. The van der Waals surface area contributed by atoms with Gasteiger partial charge in [-0.05, 0) is 72.5 Å². The van der Waals surface area contributed by atoms with Crippen LogP contribution in [0.1, 0.15) is 54.4 Å². The Morgan fingerprint density at radius 1 is 0.938 bits per heavy atom. The van der Waals surface area contributed by atoms with Crippen molar-refractivity contribution in [2.75, 3.05) is 0 Å². The Labute approximate surface area is 202 Å². The largest absolute Gasteiger partial charge is 0.437 e. The highest BCUT2D eigenvalue weighted by Crippen LogP contribution is 2.31. The van der Waals surface area contributed by atoms with E-state index in [0.717, 1.165) is 31.5 Å². The van der Waals surface area contributed by atoms with Gasteiger partial charge in [-0.15, -0.1) is 19.0 Å². The molecule has 32 heavy (non-hydrogen) atoms. The van der Waals surface area contributed by atoms with Gasteiger partial charge in [0.2, 0.25) is 0 Å². The number of imidazole rings is 1. The van der Waals surface area contributed by atoms with Gasteiger partial charge in [0.1, 0.15) is 6.20 Å². The maximum absolute atomic E-state index is 6.92.